The van der Waals surface area contributed by atoms with Crippen molar-refractivity contribution in [3.05, 3.63) is 46.8 Å². The molecule has 0 bridgehead atoms. The molecule has 4 nitrogen and oxygen atoms in total. The van der Waals surface area contributed by atoms with Crippen LogP contribution in [0.3, 0.4) is 0 Å². The fraction of sp³-hybridized carbons (Fsp3) is 0.286. The second kappa shape index (κ2) is 5.67. The van der Waals surface area contributed by atoms with Gasteiger partial charge < -0.3 is 10.1 Å². The van der Waals surface area contributed by atoms with Crippen molar-refractivity contribution in [1.82, 2.24) is 15.3 Å². The molecule has 0 unspecified atom stereocenters. The normalized spacial score (nSPS) is 14.4. The first kappa shape index (κ1) is 12.6. The van der Waals surface area contributed by atoms with Crippen LogP contribution in [0.15, 0.2) is 41.1 Å². The van der Waals surface area contributed by atoms with E-state index >= 15 is 0 Å². The highest BCUT2D eigenvalue weighted by Gasteiger charge is 2.20. The van der Waals surface area contributed by atoms with Crippen LogP contribution in [-0.4, -0.2) is 16.0 Å². The maximum absolute atomic E-state index is 5.72. The summed E-state index contributed by atoms with van der Waals surface area (Å²) in [6.07, 6.45) is 5.92. The molecule has 1 saturated carbocycles. The lowest BCUT2D eigenvalue weighted by molar-refractivity contribution is 0.453. The van der Waals surface area contributed by atoms with Gasteiger partial charge >= 0.3 is 0 Å². The summed E-state index contributed by atoms with van der Waals surface area (Å²) in [5.41, 5.74) is 0.899. The Balaban J connectivity index is 1.70. The fourth-order valence-corrected chi connectivity index (χ4v) is 2.06. The first-order chi connectivity index (χ1) is 9.31. The lowest BCUT2D eigenvalue weighted by atomic mass is 10.3. The Labute approximate surface area is 120 Å². The van der Waals surface area contributed by atoms with Gasteiger partial charge in [0.1, 0.15) is 5.75 Å². The van der Waals surface area contributed by atoms with Gasteiger partial charge in [0.15, 0.2) is 0 Å². The van der Waals surface area contributed by atoms with E-state index in [-0.39, 0.29) is 0 Å². The summed E-state index contributed by atoms with van der Waals surface area (Å²) in [5.74, 6) is 1.26. The molecule has 1 N–H and O–H groups in total. The number of ether oxygens (including phenoxy) is 1. The lowest BCUT2D eigenvalue weighted by Gasteiger charge is -2.07. The number of para-hydroxylation sites is 1. The molecule has 0 radical (unpaired) electrons. The highest BCUT2D eigenvalue weighted by Crippen LogP contribution is 2.27. The van der Waals surface area contributed by atoms with Crippen LogP contribution in [0.5, 0.6) is 11.6 Å². The molecule has 19 heavy (non-hydrogen) atoms. The van der Waals surface area contributed by atoms with Crippen molar-refractivity contribution in [3.8, 4) is 11.6 Å². The van der Waals surface area contributed by atoms with Crippen LogP contribution in [0, 0.1) is 0 Å². The predicted molar refractivity (Wildman–Crippen MR) is 76.1 cm³/mol. The third-order valence-corrected chi connectivity index (χ3v) is 3.52. The predicted octanol–water partition coefficient (Wildman–Crippen LogP) is 3.28. The van der Waals surface area contributed by atoms with Gasteiger partial charge in [-0.2, -0.15) is 0 Å². The van der Waals surface area contributed by atoms with E-state index in [0.29, 0.717) is 11.9 Å². The van der Waals surface area contributed by atoms with Gasteiger partial charge in [0.2, 0.25) is 5.88 Å². The zero-order valence-corrected chi connectivity index (χ0v) is 11.9. The maximum Gasteiger partial charge on any atom is 0.238 e. The minimum Gasteiger partial charge on any atom is -0.436 e. The van der Waals surface area contributed by atoms with Crippen molar-refractivity contribution in [2.24, 2.45) is 0 Å². The molecule has 0 atom stereocenters. The highest BCUT2D eigenvalue weighted by atomic mass is 79.9. The summed E-state index contributed by atoms with van der Waals surface area (Å²) in [6.45, 7) is 0.741. The van der Waals surface area contributed by atoms with Crippen LogP contribution in [0.4, 0.5) is 0 Å². The van der Waals surface area contributed by atoms with Crippen molar-refractivity contribution in [3.63, 3.8) is 0 Å². The van der Waals surface area contributed by atoms with E-state index in [1.165, 1.54) is 12.8 Å². The first-order valence-electron chi connectivity index (χ1n) is 6.28. The number of rotatable bonds is 5. The van der Waals surface area contributed by atoms with Crippen LogP contribution >= 0.6 is 15.9 Å². The van der Waals surface area contributed by atoms with Gasteiger partial charge in [-0.15, -0.1) is 0 Å². The molecule has 1 aliphatic carbocycles. The summed E-state index contributed by atoms with van der Waals surface area (Å²) < 4.78 is 6.63. The molecular weight excluding hydrogens is 306 g/mol. The number of nitrogens with zero attached hydrogens (tertiary/aromatic N) is 2. The van der Waals surface area contributed by atoms with E-state index in [9.17, 15) is 0 Å². The lowest BCUT2D eigenvalue weighted by Crippen LogP contribution is -2.16. The molecule has 0 aliphatic heterocycles. The van der Waals surface area contributed by atoms with Crippen molar-refractivity contribution >= 4 is 15.9 Å². The third kappa shape index (κ3) is 3.52. The van der Waals surface area contributed by atoms with Crippen molar-refractivity contribution in [2.45, 2.75) is 25.4 Å². The van der Waals surface area contributed by atoms with Gasteiger partial charge in [0.05, 0.1) is 16.4 Å². The molecule has 0 saturated heterocycles. The Bertz CT molecular complexity index is 572. The molecule has 0 spiro atoms. The number of hydrogen-bond acceptors (Lipinski definition) is 4. The van der Waals surface area contributed by atoms with Gasteiger partial charge in [0.25, 0.3) is 0 Å². The molecule has 1 fully saturated rings. The third-order valence-electron chi connectivity index (χ3n) is 2.86. The quantitative estimate of drug-likeness (QED) is 0.918. The van der Waals surface area contributed by atoms with E-state index in [1.807, 2.05) is 24.3 Å². The van der Waals surface area contributed by atoms with E-state index in [1.54, 1.807) is 12.4 Å². The number of benzene rings is 1. The van der Waals surface area contributed by atoms with E-state index in [0.717, 1.165) is 22.5 Å². The minimum absolute atomic E-state index is 0.516. The van der Waals surface area contributed by atoms with Crippen molar-refractivity contribution in [2.75, 3.05) is 0 Å². The SMILES string of the molecule is Brc1ccccc1Oc1cncc(CNC2CC2)n1. The van der Waals surface area contributed by atoms with Crippen LogP contribution < -0.4 is 10.1 Å². The van der Waals surface area contributed by atoms with Gasteiger partial charge in [-0.1, -0.05) is 12.1 Å². The minimum atomic E-state index is 0.516. The molecule has 1 aromatic carbocycles. The standard InChI is InChI=1S/C14H14BrN3O/c15-12-3-1-2-4-13(12)19-14-9-16-7-11(18-14)8-17-10-5-6-10/h1-4,7,9-10,17H,5-6,8H2. The summed E-state index contributed by atoms with van der Waals surface area (Å²) in [5, 5.41) is 3.41. The van der Waals surface area contributed by atoms with Crippen molar-refractivity contribution in [1.29, 1.82) is 0 Å². The Kier molecular flexibility index (Phi) is 3.75. The Hall–Kier alpha value is -1.46. The van der Waals surface area contributed by atoms with Crippen LogP contribution in [-0.2, 0) is 6.54 Å². The van der Waals surface area contributed by atoms with Crippen LogP contribution in [0.1, 0.15) is 18.5 Å². The summed E-state index contributed by atoms with van der Waals surface area (Å²) in [4.78, 5) is 8.61. The molecule has 98 valence electrons. The summed E-state index contributed by atoms with van der Waals surface area (Å²) >= 11 is 3.44. The van der Waals surface area contributed by atoms with Crippen LogP contribution in [0.25, 0.3) is 0 Å². The zero-order chi connectivity index (χ0) is 13.1. The highest BCUT2D eigenvalue weighted by molar-refractivity contribution is 9.10. The number of hydrogen-bond donors (Lipinski definition) is 1. The average molecular weight is 320 g/mol. The molecule has 5 heteroatoms. The Morgan fingerprint density at radius 3 is 2.89 bits per heavy atom. The fourth-order valence-electron chi connectivity index (χ4n) is 1.70. The smallest absolute Gasteiger partial charge is 0.238 e. The number of nitrogens with one attached hydrogen (secondary N) is 1. The zero-order valence-electron chi connectivity index (χ0n) is 10.3. The number of halogens is 1. The molecule has 2 aromatic rings. The van der Waals surface area contributed by atoms with E-state index in [4.69, 9.17) is 4.74 Å². The molecular formula is C14H14BrN3O. The van der Waals surface area contributed by atoms with Gasteiger partial charge in [-0.25, -0.2) is 4.98 Å². The van der Waals surface area contributed by atoms with Crippen molar-refractivity contribution < 1.29 is 4.74 Å². The van der Waals surface area contributed by atoms with E-state index < -0.39 is 0 Å². The van der Waals surface area contributed by atoms with Crippen LogP contribution in [0.2, 0.25) is 0 Å². The first-order valence-corrected chi connectivity index (χ1v) is 7.07. The summed E-state index contributed by atoms with van der Waals surface area (Å²) in [7, 11) is 0. The van der Waals surface area contributed by atoms with Gasteiger partial charge in [-0.3, -0.25) is 4.98 Å². The summed E-state index contributed by atoms with van der Waals surface area (Å²) in [6, 6.07) is 8.35. The average Bonchev–Trinajstić information content (AvgIpc) is 3.24. The molecule has 0 amide bonds. The second-order valence-electron chi connectivity index (χ2n) is 4.54. The Morgan fingerprint density at radius 2 is 2.11 bits per heavy atom. The molecule has 3 rings (SSSR count). The molecule has 1 aliphatic rings. The largest absolute Gasteiger partial charge is 0.436 e. The van der Waals surface area contributed by atoms with E-state index in [2.05, 4.69) is 31.2 Å². The topological polar surface area (TPSA) is 47.0 Å². The van der Waals surface area contributed by atoms with Gasteiger partial charge in [-0.05, 0) is 40.9 Å². The second-order valence-corrected chi connectivity index (χ2v) is 5.39. The number of aromatic nitrogens is 2. The maximum atomic E-state index is 5.72. The monoisotopic (exact) mass is 319 g/mol. The van der Waals surface area contributed by atoms with Gasteiger partial charge in [0, 0.05) is 18.8 Å². The molecule has 1 aromatic heterocycles. The Morgan fingerprint density at radius 1 is 1.26 bits per heavy atom. The molecule has 1 heterocycles.